The number of carbonyl (C=O) groups excluding carboxylic acids is 1. The molecule has 6 heteroatoms. The number of amides is 1. The number of halogens is 2. The molecule has 2 aromatic carbocycles. The number of nitrogens with one attached hydrogen (secondary N) is 1. The first-order valence-electron chi connectivity index (χ1n) is 8.13. The first-order chi connectivity index (χ1) is 12.5. The highest BCUT2D eigenvalue weighted by Crippen LogP contribution is 2.34. The zero-order chi connectivity index (χ0) is 18.3. The lowest BCUT2D eigenvalue weighted by molar-refractivity contribution is -0.110. The highest BCUT2D eigenvalue weighted by atomic mass is 35.5. The Balaban J connectivity index is 1.74. The maximum absolute atomic E-state index is 12.3. The molecule has 0 fully saturated rings. The first-order valence-corrected chi connectivity index (χ1v) is 8.89. The SMILES string of the molecule is Cc1nn(Cc2ccccc2Cl)c(Cl)c1/C=C1\C(=O)Nc2ccccc21. The number of hydrogen-bond acceptors (Lipinski definition) is 2. The second-order valence-corrected chi connectivity index (χ2v) is 6.86. The zero-order valence-corrected chi connectivity index (χ0v) is 15.5. The summed E-state index contributed by atoms with van der Waals surface area (Å²) in [5, 5.41) is 8.53. The Labute approximate surface area is 161 Å². The highest BCUT2D eigenvalue weighted by Gasteiger charge is 2.25. The molecule has 3 aromatic rings. The minimum Gasteiger partial charge on any atom is -0.321 e. The molecule has 130 valence electrons. The number of hydrogen-bond donors (Lipinski definition) is 1. The highest BCUT2D eigenvalue weighted by molar-refractivity contribution is 6.36. The van der Waals surface area contributed by atoms with Crippen LogP contribution in [0.5, 0.6) is 0 Å². The normalized spacial score (nSPS) is 14.6. The number of para-hydroxylation sites is 1. The van der Waals surface area contributed by atoms with E-state index in [1.54, 1.807) is 10.8 Å². The standard InChI is InChI=1S/C20H15Cl2N3O/c1-12-15(10-16-14-7-3-5-9-18(14)23-20(16)26)19(22)25(24-12)11-13-6-2-4-8-17(13)21/h2-10H,11H2,1H3,(H,23,26)/b16-10-. The molecular formula is C20H15Cl2N3O. The minimum atomic E-state index is -0.138. The summed E-state index contributed by atoms with van der Waals surface area (Å²) in [5.41, 5.74) is 4.68. The molecule has 1 aromatic heterocycles. The molecule has 1 aliphatic rings. The molecule has 0 unspecified atom stereocenters. The molecule has 1 N–H and O–H groups in total. The van der Waals surface area contributed by atoms with E-state index in [4.69, 9.17) is 23.2 Å². The molecule has 2 heterocycles. The average molecular weight is 384 g/mol. The fraction of sp³-hybridized carbons (Fsp3) is 0.100. The van der Waals surface area contributed by atoms with Gasteiger partial charge < -0.3 is 5.32 Å². The molecule has 0 bridgehead atoms. The average Bonchev–Trinajstić information content (AvgIpc) is 3.08. The van der Waals surface area contributed by atoms with E-state index in [0.29, 0.717) is 22.3 Å². The van der Waals surface area contributed by atoms with Gasteiger partial charge in [0, 0.05) is 27.4 Å². The Morgan fingerprint density at radius 3 is 2.65 bits per heavy atom. The lowest BCUT2D eigenvalue weighted by Crippen LogP contribution is -2.03. The van der Waals surface area contributed by atoms with Crippen LogP contribution in [-0.2, 0) is 11.3 Å². The van der Waals surface area contributed by atoms with Crippen molar-refractivity contribution in [1.29, 1.82) is 0 Å². The van der Waals surface area contributed by atoms with Crippen LogP contribution >= 0.6 is 23.2 Å². The number of benzene rings is 2. The lowest BCUT2D eigenvalue weighted by atomic mass is 10.0. The third-order valence-corrected chi connectivity index (χ3v) is 5.15. The lowest BCUT2D eigenvalue weighted by Gasteiger charge is -2.05. The van der Waals surface area contributed by atoms with Gasteiger partial charge in [-0.25, -0.2) is 4.68 Å². The van der Waals surface area contributed by atoms with Gasteiger partial charge in [0.1, 0.15) is 5.15 Å². The van der Waals surface area contributed by atoms with Gasteiger partial charge in [0.25, 0.3) is 5.91 Å². The van der Waals surface area contributed by atoms with Crippen molar-refractivity contribution in [3.05, 3.63) is 81.1 Å². The number of aryl methyl sites for hydroxylation is 1. The number of nitrogens with zero attached hydrogens (tertiary/aromatic N) is 2. The molecule has 0 saturated carbocycles. The second kappa shape index (κ2) is 6.63. The molecule has 0 saturated heterocycles. The van der Waals surface area contributed by atoms with Crippen molar-refractivity contribution in [2.24, 2.45) is 0 Å². The fourth-order valence-electron chi connectivity index (χ4n) is 3.05. The van der Waals surface area contributed by atoms with Crippen LogP contribution < -0.4 is 5.32 Å². The molecule has 1 aliphatic heterocycles. The first kappa shape index (κ1) is 16.9. The van der Waals surface area contributed by atoms with E-state index in [2.05, 4.69) is 10.4 Å². The van der Waals surface area contributed by atoms with E-state index in [0.717, 1.165) is 28.1 Å². The second-order valence-electron chi connectivity index (χ2n) is 6.10. The molecule has 1 amide bonds. The third-order valence-electron chi connectivity index (χ3n) is 4.39. The van der Waals surface area contributed by atoms with Crippen molar-refractivity contribution in [2.45, 2.75) is 13.5 Å². The molecule has 0 radical (unpaired) electrons. The number of rotatable bonds is 3. The summed E-state index contributed by atoms with van der Waals surface area (Å²) in [5.74, 6) is -0.138. The summed E-state index contributed by atoms with van der Waals surface area (Å²) in [6.07, 6.45) is 1.80. The maximum atomic E-state index is 12.3. The Morgan fingerprint density at radius 2 is 1.85 bits per heavy atom. The monoisotopic (exact) mass is 383 g/mol. The van der Waals surface area contributed by atoms with E-state index in [1.165, 1.54) is 0 Å². The van der Waals surface area contributed by atoms with Crippen LogP contribution in [0.1, 0.15) is 22.4 Å². The Morgan fingerprint density at radius 1 is 1.12 bits per heavy atom. The Bertz CT molecular complexity index is 1050. The summed E-state index contributed by atoms with van der Waals surface area (Å²) >= 11 is 12.8. The predicted molar refractivity (Wildman–Crippen MR) is 105 cm³/mol. The molecule has 26 heavy (non-hydrogen) atoms. The zero-order valence-electron chi connectivity index (χ0n) is 14.0. The topological polar surface area (TPSA) is 46.9 Å². The predicted octanol–water partition coefficient (Wildman–Crippen LogP) is 5.04. The molecular weight excluding hydrogens is 369 g/mol. The van der Waals surface area contributed by atoms with E-state index in [-0.39, 0.29) is 5.91 Å². The van der Waals surface area contributed by atoms with Crippen molar-refractivity contribution in [1.82, 2.24) is 9.78 Å². The van der Waals surface area contributed by atoms with E-state index < -0.39 is 0 Å². The molecule has 0 atom stereocenters. The molecule has 0 spiro atoms. The van der Waals surface area contributed by atoms with Crippen LogP contribution in [0.2, 0.25) is 10.2 Å². The van der Waals surface area contributed by atoms with Crippen LogP contribution in [0, 0.1) is 6.92 Å². The smallest absolute Gasteiger partial charge is 0.256 e. The summed E-state index contributed by atoms with van der Waals surface area (Å²) < 4.78 is 1.70. The molecule has 4 rings (SSSR count). The van der Waals surface area contributed by atoms with E-state index in [9.17, 15) is 4.79 Å². The summed E-state index contributed by atoms with van der Waals surface area (Å²) in [6, 6.07) is 15.2. The Hall–Kier alpha value is -2.56. The number of fused-ring (bicyclic) bond motifs is 1. The third kappa shape index (κ3) is 2.91. The largest absolute Gasteiger partial charge is 0.321 e. The summed E-state index contributed by atoms with van der Waals surface area (Å²) in [6.45, 7) is 2.34. The maximum Gasteiger partial charge on any atom is 0.256 e. The quantitative estimate of drug-likeness (QED) is 0.643. The minimum absolute atomic E-state index is 0.138. The Kier molecular flexibility index (Phi) is 4.31. The van der Waals surface area contributed by atoms with Gasteiger partial charge in [-0.1, -0.05) is 59.6 Å². The van der Waals surface area contributed by atoms with Crippen LogP contribution in [-0.4, -0.2) is 15.7 Å². The van der Waals surface area contributed by atoms with Crippen LogP contribution in [0.15, 0.2) is 48.5 Å². The van der Waals surface area contributed by atoms with Gasteiger partial charge in [0.05, 0.1) is 12.2 Å². The van der Waals surface area contributed by atoms with Gasteiger partial charge in [0.2, 0.25) is 0 Å². The van der Waals surface area contributed by atoms with Gasteiger partial charge in [-0.2, -0.15) is 5.10 Å². The summed E-state index contributed by atoms with van der Waals surface area (Å²) in [7, 11) is 0. The van der Waals surface area contributed by atoms with Crippen LogP contribution in [0.3, 0.4) is 0 Å². The summed E-state index contributed by atoms with van der Waals surface area (Å²) in [4.78, 5) is 12.3. The van der Waals surface area contributed by atoms with Crippen LogP contribution in [0.25, 0.3) is 11.6 Å². The van der Waals surface area contributed by atoms with Gasteiger partial charge in [-0.3, -0.25) is 4.79 Å². The van der Waals surface area contributed by atoms with E-state index in [1.807, 2.05) is 55.5 Å². The molecule has 4 nitrogen and oxygen atoms in total. The number of anilines is 1. The van der Waals surface area contributed by atoms with Crippen molar-refractivity contribution >= 4 is 46.4 Å². The van der Waals surface area contributed by atoms with Crippen molar-refractivity contribution in [3.8, 4) is 0 Å². The van der Waals surface area contributed by atoms with Crippen molar-refractivity contribution in [2.75, 3.05) is 5.32 Å². The van der Waals surface area contributed by atoms with Crippen LogP contribution in [0.4, 0.5) is 5.69 Å². The number of carbonyl (C=O) groups is 1. The molecule has 0 aliphatic carbocycles. The number of aromatic nitrogens is 2. The van der Waals surface area contributed by atoms with Gasteiger partial charge in [0.15, 0.2) is 0 Å². The van der Waals surface area contributed by atoms with E-state index >= 15 is 0 Å². The van der Waals surface area contributed by atoms with Crippen molar-refractivity contribution in [3.63, 3.8) is 0 Å². The van der Waals surface area contributed by atoms with Crippen molar-refractivity contribution < 1.29 is 4.79 Å². The van der Waals surface area contributed by atoms with Gasteiger partial charge >= 0.3 is 0 Å². The van der Waals surface area contributed by atoms with Gasteiger partial charge in [-0.05, 0) is 30.7 Å². The fourth-order valence-corrected chi connectivity index (χ4v) is 3.53. The van der Waals surface area contributed by atoms with Gasteiger partial charge in [-0.15, -0.1) is 0 Å².